The number of rotatable bonds is 4. The second-order valence-electron chi connectivity index (χ2n) is 4.18. The van der Waals surface area contributed by atoms with Crippen LogP contribution in [-0.2, 0) is 6.42 Å². The van der Waals surface area contributed by atoms with Crippen molar-refractivity contribution in [2.75, 3.05) is 11.1 Å². The molecular weight excluding hydrogens is 287 g/mol. The number of nitrogens with two attached hydrogens (primary N) is 1. The van der Waals surface area contributed by atoms with Crippen molar-refractivity contribution in [3.8, 4) is 0 Å². The molecule has 0 aliphatic carbocycles. The van der Waals surface area contributed by atoms with Crippen molar-refractivity contribution in [1.29, 1.82) is 0 Å². The number of benzene rings is 1. The van der Waals surface area contributed by atoms with Crippen molar-refractivity contribution in [3.63, 3.8) is 0 Å². The summed E-state index contributed by atoms with van der Waals surface area (Å²) in [6, 6.07) is 7.90. The molecule has 0 fully saturated rings. The number of hydrogen-bond acceptors (Lipinski definition) is 3. The maximum Gasteiger partial charge on any atom is 0.0614 e. The van der Waals surface area contributed by atoms with E-state index in [-0.39, 0.29) is 6.04 Å². The summed E-state index contributed by atoms with van der Waals surface area (Å²) < 4.78 is 0. The first-order valence-corrected chi connectivity index (χ1v) is 7.23. The van der Waals surface area contributed by atoms with E-state index in [1.54, 1.807) is 23.5 Å². The fourth-order valence-electron chi connectivity index (χ4n) is 1.73. The van der Waals surface area contributed by atoms with E-state index in [9.17, 15) is 0 Å². The summed E-state index contributed by atoms with van der Waals surface area (Å²) in [5, 5.41) is 6.42. The summed E-state index contributed by atoms with van der Waals surface area (Å²) in [5.41, 5.74) is 7.35. The third kappa shape index (κ3) is 3.31. The number of thiophene rings is 1. The maximum absolute atomic E-state index is 5.99. The Morgan fingerprint density at radius 3 is 2.72 bits per heavy atom. The van der Waals surface area contributed by atoms with Gasteiger partial charge >= 0.3 is 0 Å². The van der Waals surface area contributed by atoms with Gasteiger partial charge in [-0.05, 0) is 30.5 Å². The van der Waals surface area contributed by atoms with E-state index in [1.165, 1.54) is 4.88 Å². The largest absolute Gasteiger partial charge is 0.397 e. The van der Waals surface area contributed by atoms with E-state index < -0.39 is 0 Å². The first-order chi connectivity index (χ1) is 8.56. The smallest absolute Gasteiger partial charge is 0.0614 e. The molecule has 1 heterocycles. The SMILES string of the molecule is CC(Cc1cccs1)Nc1cc(Cl)c(Cl)cc1N. The maximum atomic E-state index is 5.99. The van der Waals surface area contributed by atoms with Crippen molar-refractivity contribution in [1.82, 2.24) is 0 Å². The molecule has 1 aromatic heterocycles. The molecule has 1 unspecified atom stereocenters. The molecule has 0 aliphatic rings. The monoisotopic (exact) mass is 300 g/mol. The molecule has 0 spiro atoms. The van der Waals surface area contributed by atoms with Gasteiger partial charge in [0.05, 0.1) is 21.4 Å². The Bertz CT molecular complexity index is 526. The molecule has 96 valence electrons. The molecule has 2 nitrogen and oxygen atoms in total. The molecule has 0 saturated carbocycles. The number of nitrogen functional groups attached to an aromatic ring is 1. The summed E-state index contributed by atoms with van der Waals surface area (Å²) in [7, 11) is 0. The van der Waals surface area contributed by atoms with Gasteiger partial charge in [-0.25, -0.2) is 0 Å². The van der Waals surface area contributed by atoms with Crippen molar-refractivity contribution in [2.24, 2.45) is 0 Å². The van der Waals surface area contributed by atoms with Crippen LogP contribution in [0.15, 0.2) is 29.6 Å². The number of nitrogens with one attached hydrogen (secondary N) is 1. The van der Waals surface area contributed by atoms with Crippen LogP contribution in [0.3, 0.4) is 0 Å². The lowest BCUT2D eigenvalue weighted by Crippen LogP contribution is -2.18. The molecule has 2 aromatic rings. The van der Waals surface area contributed by atoms with E-state index in [0.29, 0.717) is 15.7 Å². The van der Waals surface area contributed by atoms with Gasteiger partial charge in [0.15, 0.2) is 0 Å². The summed E-state index contributed by atoms with van der Waals surface area (Å²) in [6.45, 7) is 2.11. The van der Waals surface area contributed by atoms with Crippen LogP contribution in [0.5, 0.6) is 0 Å². The van der Waals surface area contributed by atoms with Crippen LogP contribution < -0.4 is 11.1 Å². The van der Waals surface area contributed by atoms with Gasteiger partial charge < -0.3 is 11.1 Å². The third-order valence-electron chi connectivity index (χ3n) is 2.58. The van der Waals surface area contributed by atoms with Gasteiger partial charge in [0.2, 0.25) is 0 Å². The van der Waals surface area contributed by atoms with Crippen LogP contribution in [0.1, 0.15) is 11.8 Å². The highest BCUT2D eigenvalue weighted by Gasteiger charge is 2.09. The molecule has 0 saturated heterocycles. The Balaban J connectivity index is 2.07. The zero-order chi connectivity index (χ0) is 13.1. The molecule has 18 heavy (non-hydrogen) atoms. The van der Waals surface area contributed by atoms with Crippen LogP contribution >= 0.6 is 34.5 Å². The molecular formula is C13H14Cl2N2S. The standard InChI is InChI=1S/C13H14Cl2N2S/c1-8(5-9-3-2-4-18-9)17-13-7-11(15)10(14)6-12(13)16/h2-4,6-8,17H,5,16H2,1H3. The predicted molar refractivity (Wildman–Crippen MR) is 82.0 cm³/mol. The molecule has 1 aromatic carbocycles. The van der Waals surface area contributed by atoms with E-state index in [1.807, 2.05) is 0 Å². The van der Waals surface area contributed by atoms with E-state index in [0.717, 1.165) is 12.1 Å². The van der Waals surface area contributed by atoms with Crippen molar-refractivity contribution >= 4 is 45.9 Å². The quantitative estimate of drug-likeness (QED) is 0.805. The summed E-state index contributed by atoms with van der Waals surface area (Å²) in [6.07, 6.45) is 0.956. The highest BCUT2D eigenvalue weighted by Crippen LogP contribution is 2.31. The number of halogens is 2. The van der Waals surface area contributed by atoms with Gasteiger partial charge in [-0.2, -0.15) is 0 Å². The van der Waals surface area contributed by atoms with Crippen LogP contribution in [0.4, 0.5) is 11.4 Å². The van der Waals surface area contributed by atoms with E-state index >= 15 is 0 Å². The predicted octanol–water partition coefficient (Wildman–Crippen LogP) is 4.68. The molecule has 2 rings (SSSR count). The third-order valence-corrected chi connectivity index (χ3v) is 4.20. The molecule has 0 amide bonds. The van der Waals surface area contributed by atoms with E-state index in [2.05, 4.69) is 29.8 Å². The number of anilines is 2. The van der Waals surface area contributed by atoms with Gasteiger partial charge in [0.25, 0.3) is 0 Å². The Kier molecular flexibility index (Phi) is 4.38. The lowest BCUT2D eigenvalue weighted by molar-refractivity contribution is 0.801. The Morgan fingerprint density at radius 2 is 2.06 bits per heavy atom. The Labute approximate surface area is 121 Å². The fourth-order valence-corrected chi connectivity index (χ4v) is 2.91. The van der Waals surface area contributed by atoms with Gasteiger partial charge in [-0.15, -0.1) is 11.3 Å². The van der Waals surface area contributed by atoms with Gasteiger partial charge in [-0.3, -0.25) is 0 Å². The molecule has 0 bridgehead atoms. The fraction of sp³-hybridized carbons (Fsp3) is 0.231. The van der Waals surface area contributed by atoms with Gasteiger partial charge in [-0.1, -0.05) is 29.3 Å². The molecule has 5 heteroatoms. The molecule has 3 N–H and O–H groups in total. The zero-order valence-corrected chi connectivity index (χ0v) is 12.2. The minimum absolute atomic E-state index is 0.281. The van der Waals surface area contributed by atoms with Crippen LogP contribution in [0.2, 0.25) is 10.0 Å². The average molecular weight is 301 g/mol. The normalized spacial score (nSPS) is 12.4. The average Bonchev–Trinajstić information content (AvgIpc) is 2.78. The van der Waals surface area contributed by atoms with Gasteiger partial charge in [0, 0.05) is 17.3 Å². The van der Waals surface area contributed by atoms with Crippen molar-refractivity contribution in [2.45, 2.75) is 19.4 Å². The summed E-state index contributed by atoms with van der Waals surface area (Å²) in [5.74, 6) is 0. The topological polar surface area (TPSA) is 38.0 Å². The lowest BCUT2D eigenvalue weighted by Gasteiger charge is -2.16. The van der Waals surface area contributed by atoms with Crippen molar-refractivity contribution < 1.29 is 0 Å². The van der Waals surface area contributed by atoms with Crippen LogP contribution in [0, 0.1) is 0 Å². The summed E-state index contributed by atoms with van der Waals surface area (Å²) >= 11 is 13.6. The van der Waals surface area contributed by atoms with Crippen molar-refractivity contribution in [3.05, 3.63) is 44.6 Å². The highest BCUT2D eigenvalue weighted by atomic mass is 35.5. The van der Waals surface area contributed by atoms with Crippen LogP contribution in [0.25, 0.3) is 0 Å². The van der Waals surface area contributed by atoms with E-state index in [4.69, 9.17) is 28.9 Å². The zero-order valence-electron chi connectivity index (χ0n) is 9.91. The second kappa shape index (κ2) is 5.83. The minimum atomic E-state index is 0.281. The summed E-state index contributed by atoms with van der Waals surface area (Å²) in [4.78, 5) is 1.34. The second-order valence-corrected chi connectivity index (χ2v) is 6.03. The molecule has 0 radical (unpaired) electrons. The number of hydrogen-bond donors (Lipinski definition) is 2. The molecule has 0 aliphatic heterocycles. The minimum Gasteiger partial charge on any atom is -0.397 e. The van der Waals surface area contributed by atoms with Gasteiger partial charge in [0.1, 0.15) is 0 Å². The Morgan fingerprint density at radius 1 is 1.33 bits per heavy atom. The lowest BCUT2D eigenvalue weighted by atomic mass is 10.2. The highest BCUT2D eigenvalue weighted by molar-refractivity contribution is 7.09. The first kappa shape index (κ1) is 13.5. The first-order valence-electron chi connectivity index (χ1n) is 5.59. The van der Waals surface area contributed by atoms with Crippen LogP contribution in [-0.4, -0.2) is 6.04 Å². The Hall–Kier alpha value is -0.900. The molecule has 1 atom stereocenters.